The van der Waals surface area contributed by atoms with E-state index >= 15 is 0 Å². The van der Waals surface area contributed by atoms with Crippen molar-refractivity contribution in [2.24, 2.45) is 0 Å². The first-order chi connectivity index (χ1) is 21.3. The van der Waals surface area contributed by atoms with Crippen molar-refractivity contribution in [2.75, 3.05) is 0 Å². The molecule has 0 amide bonds. The number of nitrogens with zero attached hydrogens (tertiary/aromatic N) is 6. The van der Waals surface area contributed by atoms with Gasteiger partial charge in [-0.1, -0.05) is 72.8 Å². The zero-order chi connectivity index (χ0) is 28.6. The monoisotopic (exact) mass is 747 g/mol. The summed E-state index contributed by atoms with van der Waals surface area (Å²) in [5.74, 6) is 0. The Morgan fingerprint density at radius 2 is 0.955 bits per heavy atom. The maximum Gasteiger partial charge on any atom is 2.00 e. The van der Waals surface area contributed by atoms with E-state index in [9.17, 15) is 0 Å². The van der Waals surface area contributed by atoms with E-state index in [1.165, 1.54) is 0 Å². The fourth-order valence-electron chi connectivity index (χ4n) is 5.97. The van der Waals surface area contributed by atoms with E-state index in [1.807, 2.05) is 82.4 Å². The van der Waals surface area contributed by atoms with Gasteiger partial charge in [-0.05, 0) is 57.8 Å². The summed E-state index contributed by atoms with van der Waals surface area (Å²) in [6.45, 7) is 0. The summed E-state index contributed by atoms with van der Waals surface area (Å²) in [5, 5.41) is 12.5. The normalized spacial score (nSPS) is 11.5. The Labute approximate surface area is 268 Å². The molecule has 6 nitrogen and oxygen atoms in total. The molecule has 0 N–H and O–H groups in total. The third-order valence-electron chi connectivity index (χ3n) is 7.91. The Morgan fingerprint density at radius 3 is 1.41 bits per heavy atom. The molecule has 4 aromatic heterocycles. The number of benzene rings is 4. The number of hydrogen-bond acceptors (Lipinski definition) is 4. The summed E-state index contributed by atoms with van der Waals surface area (Å²) >= 11 is 0. The standard InChI is InChI=1S/C37H24N6.Pt/c1-3-15-29(16-4-1)37(30-17-5-2-6-18-30,33-21-25-42(40-33)31-19-7-11-27-13-9-23-38-35(27)31)34-22-26-43(41-34)32-20-8-12-28-14-10-24-39-36(28)32;/h1-18,21-26H;/q-2;+2. The molecule has 0 aliphatic rings. The molecule has 0 saturated carbocycles. The molecule has 8 rings (SSSR count). The van der Waals surface area contributed by atoms with Crippen LogP contribution >= 0.6 is 0 Å². The van der Waals surface area contributed by atoms with E-state index in [1.54, 1.807) is 12.4 Å². The topological polar surface area (TPSA) is 61.4 Å². The van der Waals surface area contributed by atoms with E-state index < -0.39 is 5.41 Å². The average Bonchev–Trinajstić information content (AvgIpc) is 3.77. The van der Waals surface area contributed by atoms with Crippen LogP contribution in [0.3, 0.4) is 0 Å². The fourth-order valence-corrected chi connectivity index (χ4v) is 5.97. The van der Waals surface area contributed by atoms with Crippen LogP contribution in [0.15, 0.2) is 146 Å². The van der Waals surface area contributed by atoms with E-state index in [0.29, 0.717) is 0 Å². The molecule has 8 aromatic rings. The van der Waals surface area contributed by atoms with Crippen molar-refractivity contribution in [2.45, 2.75) is 5.41 Å². The summed E-state index contributed by atoms with van der Waals surface area (Å²) in [4.78, 5) is 9.30. The summed E-state index contributed by atoms with van der Waals surface area (Å²) in [6, 6.07) is 47.6. The zero-order valence-corrected chi connectivity index (χ0v) is 25.6. The molecule has 0 fully saturated rings. The second kappa shape index (κ2) is 11.5. The van der Waals surface area contributed by atoms with Crippen LogP contribution < -0.4 is 0 Å². The number of pyridine rings is 2. The molecule has 7 heteroatoms. The Balaban J connectivity index is 0.00000312. The largest absolute Gasteiger partial charge is 2.00 e. The molecule has 0 aliphatic carbocycles. The predicted molar refractivity (Wildman–Crippen MR) is 167 cm³/mol. The summed E-state index contributed by atoms with van der Waals surface area (Å²) in [6.07, 6.45) is 7.56. The SMILES string of the molecule is [Pt+2].[c-]1ccc2cccnc2c1-n1ccc(C(c2ccccc2)(c2ccccc2)c2ccn(-c3[c-]ccc4cccnc34)n2)n1. The minimum atomic E-state index is -0.824. The number of aromatic nitrogens is 6. The van der Waals surface area contributed by atoms with Gasteiger partial charge < -0.3 is 9.97 Å². The van der Waals surface area contributed by atoms with Crippen molar-refractivity contribution in [3.63, 3.8) is 0 Å². The number of fused-ring (bicyclic) bond motifs is 2. The molecule has 0 bridgehead atoms. The van der Waals surface area contributed by atoms with Crippen molar-refractivity contribution < 1.29 is 21.1 Å². The van der Waals surface area contributed by atoms with Gasteiger partial charge in [0.15, 0.2) is 0 Å². The fraction of sp³-hybridized carbons (Fsp3) is 0.0270. The summed E-state index contributed by atoms with van der Waals surface area (Å²) in [7, 11) is 0. The molecule has 0 atom stereocenters. The number of rotatable bonds is 6. The Hall–Kier alpha value is -5.19. The van der Waals surface area contributed by atoms with E-state index in [0.717, 1.165) is 55.7 Å². The van der Waals surface area contributed by atoms with Gasteiger partial charge in [-0.15, -0.1) is 10.8 Å². The van der Waals surface area contributed by atoms with Crippen molar-refractivity contribution in [3.05, 3.63) is 181 Å². The van der Waals surface area contributed by atoms with Crippen LogP contribution in [0.25, 0.3) is 33.2 Å². The molecule has 0 spiro atoms. The van der Waals surface area contributed by atoms with Crippen LogP contribution in [0.4, 0.5) is 0 Å². The predicted octanol–water partition coefficient (Wildman–Crippen LogP) is 7.13. The molecule has 4 aromatic carbocycles. The van der Waals surface area contributed by atoms with Gasteiger partial charge in [0.1, 0.15) is 5.41 Å². The van der Waals surface area contributed by atoms with E-state index in [-0.39, 0.29) is 21.1 Å². The molecular weight excluding hydrogens is 724 g/mol. The van der Waals surface area contributed by atoms with Gasteiger partial charge in [-0.2, -0.15) is 46.6 Å². The minimum Gasteiger partial charge on any atom is -0.319 e. The van der Waals surface area contributed by atoms with Crippen LogP contribution in [-0.2, 0) is 26.5 Å². The van der Waals surface area contributed by atoms with Crippen LogP contribution in [0.2, 0.25) is 0 Å². The van der Waals surface area contributed by atoms with Crippen molar-refractivity contribution in [1.29, 1.82) is 0 Å². The van der Waals surface area contributed by atoms with Crippen molar-refractivity contribution in [1.82, 2.24) is 29.5 Å². The van der Waals surface area contributed by atoms with Gasteiger partial charge in [-0.3, -0.25) is 9.36 Å². The van der Waals surface area contributed by atoms with Crippen LogP contribution in [0.1, 0.15) is 22.5 Å². The molecule has 44 heavy (non-hydrogen) atoms. The van der Waals surface area contributed by atoms with Gasteiger partial charge in [0.25, 0.3) is 0 Å². The van der Waals surface area contributed by atoms with E-state index in [2.05, 4.69) is 82.8 Å². The summed E-state index contributed by atoms with van der Waals surface area (Å²) in [5.41, 5.74) is 6.21. The second-order valence-corrected chi connectivity index (χ2v) is 10.3. The first-order valence-corrected chi connectivity index (χ1v) is 14.1. The Morgan fingerprint density at radius 1 is 0.500 bits per heavy atom. The van der Waals surface area contributed by atoms with Gasteiger partial charge in [0.2, 0.25) is 0 Å². The van der Waals surface area contributed by atoms with Gasteiger partial charge in [0, 0.05) is 24.8 Å². The van der Waals surface area contributed by atoms with Gasteiger partial charge >= 0.3 is 21.1 Å². The molecule has 212 valence electrons. The molecule has 0 saturated heterocycles. The maximum absolute atomic E-state index is 5.24. The van der Waals surface area contributed by atoms with Gasteiger partial charge in [-0.25, -0.2) is 0 Å². The summed E-state index contributed by atoms with van der Waals surface area (Å²) < 4.78 is 3.73. The van der Waals surface area contributed by atoms with Crippen LogP contribution in [0.5, 0.6) is 0 Å². The first kappa shape index (κ1) is 27.6. The average molecular weight is 748 g/mol. The van der Waals surface area contributed by atoms with Crippen molar-refractivity contribution >= 4 is 21.8 Å². The molecule has 4 heterocycles. The van der Waals surface area contributed by atoms with Gasteiger partial charge in [0.05, 0.1) is 11.4 Å². The quantitative estimate of drug-likeness (QED) is 0.170. The first-order valence-electron chi connectivity index (χ1n) is 14.1. The second-order valence-electron chi connectivity index (χ2n) is 10.3. The Kier molecular flexibility index (Phi) is 7.21. The minimum absolute atomic E-state index is 0. The third kappa shape index (κ3) is 4.47. The zero-order valence-electron chi connectivity index (χ0n) is 23.4. The smallest absolute Gasteiger partial charge is 0.319 e. The molecule has 0 radical (unpaired) electrons. The molecule has 0 aliphatic heterocycles. The number of hydrogen-bond donors (Lipinski definition) is 0. The van der Waals surface area contributed by atoms with E-state index in [4.69, 9.17) is 10.2 Å². The Bertz CT molecular complexity index is 2040. The maximum atomic E-state index is 5.24. The van der Waals surface area contributed by atoms with Crippen LogP contribution in [-0.4, -0.2) is 29.5 Å². The van der Waals surface area contributed by atoms with Crippen LogP contribution in [0, 0.1) is 12.1 Å². The molecule has 0 unspecified atom stereocenters. The van der Waals surface area contributed by atoms with Crippen molar-refractivity contribution in [3.8, 4) is 11.4 Å². The molecular formula is C37H24N6Pt. The third-order valence-corrected chi connectivity index (χ3v) is 7.91.